The third-order valence-corrected chi connectivity index (χ3v) is 3.16. The molecule has 1 aromatic heterocycles. The molecule has 0 saturated heterocycles. The molecule has 0 bridgehead atoms. The zero-order valence-corrected chi connectivity index (χ0v) is 10.9. The number of hydrogen-bond donors (Lipinski definition) is 2. The second kappa shape index (κ2) is 6.38. The van der Waals surface area contributed by atoms with Crippen molar-refractivity contribution in [2.24, 2.45) is 5.92 Å². The summed E-state index contributed by atoms with van der Waals surface area (Å²) >= 11 is 0. The van der Waals surface area contributed by atoms with Crippen molar-refractivity contribution in [1.82, 2.24) is 10.3 Å². The van der Waals surface area contributed by atoms with Gasteiger partial charge in [0.2, 0.25) is 0 Å². The number of pyridine rings is 1. The van der Waals surface area contributed by atoms with Crippen molar-refractivity contribution < 1.29 is 4.79 Å². The molecule has 18 heavy (non-hydrogen) atoms. The van der Waals surface area contributed by atoms with E-state index in [9.17, 15) is 4.79 Å². The zero-order chi connectivity index (χ0) is 12.8. The average molecular weight is 247 g/mol. The van der Waals surface area contributed by atoms with E-state index >= 15 is 0 Å². The number of nitrogens with zero attached hydrogens (tertiary/aromatic N) is 1. The molecule has 1 amide bonds. The molecule has 4 heteroatoms. The first-order valence-corrected chi connectivity index (χ1v) is 6.77. The number of hydrogen-bond acceptors (Lipinski definition) is 3. The third kappa shape index (κ3) is 4.02. The van der Waals surface area contributed by atoms with Crippen LogP contribution in [0, 0.1) is 5.92 Å². The number of anilines is 1. The monoisotopic (exact) mass is 247 g/mol. The highest BCUT2D eigenvalue weighted by Gasteiger charge is 2.20. The first-order chi connectivity index (χ1) is 8.79. The summed E-state index contributed by atoms with van der Waals surface area (Å²) < 4.78 is 0. The summed E-state index contributed by atoms with van der Waals surface area (Å²) in [6.07, 6.45) is 6.71. The van der Waals surface area contributed by atoms with Crippen LogP contribution in [0.2, 0.25) is 0 Å². The maximum Gasteiger partial charge on any atom is 0.252 e. The molecule has 1 heterocycles. The Labute approximate surface area is 108 Å². The van der Waals surface area contributed by atoms with Gasteiger partial charge in [-0.3, -0.25) is 4.79 Å². The van der Waals surface area contributed by atoms with E-state index in [0.29, 0.717) is 5.56 Å². The topological polar surface area (TPSA) is 54.0 Å². The lowest BCUT2D eigenvalue weighted by Crippen LogP contribution is -2.24. The molecule has 1 aromatic rings. The van der Waals surface area contributed by atoms with Crippen LogP contribution in [-0.2, 0) is 0 Å². The fraction of sp³-hybridized carbons (Fsp3) is 0.571. The van der Waals surface area contributed by atoms with Gasteiger partial charge in [-0.15, -0.1) is 0 Å². The van der Waals surface area contributed by atoms with Crippen molar-refractivity contribution in [2.45, 2.75) is 32.6 Å². The highest BCUT2D eigenvalue weighted by Crippen LogP contribution is 2.33. The molecule has 1 fully saturated rings. The Morgan fingerprint density at radius 1 is 1.44 bits per heavy atom. The molecule has 4 nitrogen and oxygen atoms in total. The van der Waals surface area contributed by atoms with Gasteiger partial charge in [-0.1, -0.05) is 12.8 Å². The highest BCUT2D eigenvalue weighted by atomic mass is 16.1. The number of aromatic nitrogens is 1. The molecule has 0 aliphatic heterocycles. The summed E-state index contributed by atoms with van der Waals surface area (Å²) in [5.41, 5.74) is 0.628. The molecule has 0 spiro atoms. The van der Waals surface area contributed by atoms with Gasteiger partial charge in [0.05, 0.1) is 5.56 Å². The summed E-state index contributed by atoms with van der Waals surface area (Å²) in [5.74, 6) is 1.71. The van der Waals surface area contributed by atoms with Crippen LogP contribution in [0.4, 0.5) is 5.82 Å². The van der Waals surface area contributed by atoms with Crippen LogP contribution < -0.4 is 10.6 Å². The van der Waals surface area contributed by atoms with Crippen LogP contribution in [0.25, 0.3) is 0 Å². The highest BCUT2D eigenvalue weighted by molar-refractivity contribution is 5.93. The quantitative estimate of drug-likeness (QED) is 0.728. The Balaban J connectivity index is 1.72. The van der Waals surface area contributed by atoms with Gasteiger partial charge in [-0.05, 0) is 37.8 Å². The van der Waals surface area contributed by atoms with Gasteiger partial charge in [-0.2, -0.15) is 0 Å². The van der Waals surface area contributed by atoms with E-state index in [4.69, 9.17) is 0 Å². The van der Waals surface area contributed by atoms with Gasteiger partial charge in [0.15, 0.2) is 0 Å². The second-order valence-electron chi connectivity index (χ2n) is 4.80. The van der Waals surface area contributed by atoms with Crippen molar-refractivity contribution in [3.05, 3.63) is 23.9 Å². The molecule has 98 valence electrons. The Morgan fingerprint density at radius 2 is 2.28 bits per heavy atom. The van der Waals surface area contributed by atoms with Gasteiger partial charge in [0.1, 0.15) is 5.82 Å². The van der Waals surface area contributed by atoms with Crippen LogP contribution in [0.5, 0.6) is 0 Å². The smallest absolute Gasteiger partial charge is 0.252 e. The largest absolute Gasteiger partial charge is 0.370 e. The van der Waals surface area contributed by atoms with E-state index in [1.54, 1.807) is 12.3 Å². The predicted molar refractivity (Wildman–Crippen MR) is 72.7 cm³/mol. The fourth-order valence-corrected chi connectivity index (χ4v) is 1.92. The van der Waals surface area contributed by atoms with Gasteiger partial charge < -0.3 is 10.6 Å². The van der Waals surface area contributed by atoms with Crippen LogP contribution in [-0.4, -0.2) is 24.0 Å². The zero-order valence-electron chi connectivity index (χ0n) is 10.9. The Kier molecular flexibility index (Phi) is 4.56. The molecule has 2 N–H and O–H groups in total. The number of amides is 1. The molecule has 0 unspecified atom stereocenters. The van der Waals surface area contributed by atoms with E-state index in [2.05, 4.69) is 15.6 Å². The molecule has 2 rings (SSSR count). The Morgan fingerprint density at radius 3 is 2.89 bits per heavy atom. The van der Waals surface area contributed by atoms with E-state index in [1.807, 2.05) is 13.0 Å². The summed E-state index contributed by atoms with van der Waals surface area (Å²) in [6, 6.07) is 3.64. The Hall–Kier alpha value is -1.58. The molecular weight excluding hydrogens is 226 g/mol. The normalized spacial score (nSPS) is 14.3. The van der Waals surface area contributed by atoms with Crippen LogP contribution in [0.15, 0.2) is 18.3 Å². The molecule has 0 atom stereocenters. The molecule has 1 aliphatic carbocycles. The van der Waals surface area contributed by atoms with Gasteiger partial charge >= 0.3 is 0 Å². The molecule has 0 aromatic carbocycles. The number of carbonyl (C=O) groups is 1. The lowest BCUT2D eigenvalue weighted by molar-refractivity contribution is 0.0952. The van der Waals surface area contributed by atoms with Crippen molar-refractivity contribution in [2.75, 3.05) is 18.4 Å². The fourth-order valence-electron chi connectivity index (χ4n) is 1.92. The first kappa shape index (κ1) is 12.9. The van der Waals surface area contributed by atoms with E-state index in [0.717, 1.165) is 31.2 Å². The predicted octanol–water partition coefficient (Wildman–Crippen LogP) is 2.43. The number of nitrogens with one attached hydrogen (secondary N) is 2. The molecule has 1 saturated carbocycles. The minimum Gasteiger partial charge on any atom is -0.370 e. The van der Waals surface area contributed by atoms with Crippen LogP contribution >= 0.6 is 0 Å². The van der Waals surface area contributed by atoms with Crippen molar-refractivity contribution >= 4 is 11.7 Å². The maximum absolute atomic E-state index is 11.8. The van der Waals surface area contributed by atoms with Gasteiger partial charge in [0.25, 0.3) is 5.91 Å². The average Bonchev–Trinajstić information content (AvgIpc) is 3.20. The second-order valence-corrected chi connectivity index (χ2v) is 4.80. The lowest BCUT2D eigenvalue weighted by Gasteiger charge is -2.06. The lowest BCUT2D eigenvalue weighted by atomic mass is 10.2. The first-order valence-electron chi connectivity index (χ1n) is 6.77. The molecule has 1 aliphatic rings. The van der Waals surface area contributed by atoms with Crippen LogP contribution in [0.1, 0.15) is 43.0 Å². The van der Waals surface area contributed by atoms with E-state index in [1.165, 1.54) is 19.3 Å². The van der Waals surface area contributed by atoms with Crippen LogP contribution in [0.3, 0.4) is 0 Å². The minimum atomic E-state index is -0.0265. The van der Waals surface area contributed by atoms with E-state index in [-0.39, 0.29) is 5.91 Å². The minimum absolute atomic E-state index is 0.0265. The number of rotatable bonds is 7. The summed E-state index contributed by atoms with van der Waals surface area (Å²) in [5, 5.41) is 6.04. The van der Waals surface area contributed by atoms with Gasteiger partial charge in [-0.25, -0.2) is 4.98 Å². The van der Waals surface area contributed by atoms with Crippen molar-refractivity contribution in [3.8, 4) is 0 Å². The Bertz CT molecular complexity index is 385. The summed E-state index contributed by atoms with van der Waals surface area (Å²) in [7, 11) is 0. The molecule has 0 radical (unpaired) electrons. The van der Waals surface area contributed by atoms with Crippen molar-refractivity contribution in [3.63, 3.8) is 0 Å². The van der Waals surface area contributed by atoms with E-state index < -0.39 is 0 Å². The third-order valence-electron chi connectivity index (χ3n) is 3.16. The summed E-state index contributed by atoms with van der Waals surface area (Å²) in [4.78, 5) is 16.0. The maximum atomic E-state index is 11.8. The SMILES string of the molecule is CCNc1ccc(C(=O)NCCCC2CC2)cn1. The van der Waals surface area contributed by atoms with Gasteiger partial charge in [0, 0.05) is 19.3 Å². The summed E-state index contributed by atoms with van der Waals surface area (Å²) in [6.45, 7) is 3.62. The number of carbonyl (C=O) groups excluding carboxylic acids is 1. The molecular formula is C14H21N3O. The standard InChI is InChI=1S/C14H21N3O/c1-2-15-13-8-7-12(10-17-13)14(18)16-9-3-4-11-5-6-11/h7-8,10-11H,2-6,9H2,1H3,(H,15,17)(H,16,18). The van der Waals surface area contributed by atoms with Crippen molar-refractivity contribution in [1.29, 1.82) is 0 Å².